The molecule has 0 bridgehead atoms. The average Bonchev–Trinajstić information content (AvgIpc) is 2.82. The first-order valence-corrected chi connectivity index (χ1v) is 6.84. The molecule has 0 unspecified atom stereocenters. The molecule has 0 amide bonds. The van der Waals surface area contributed by atoms with Crippen LogP contribution < -0.4 is 0 Å². The predicted octanol–water partition coefficient (Wildman–Crippen LogP) is 3.73. The summed E-state index contributed by atoms with van der Waals surface area (Å²) in [5.41, 5.74) is 2.91. The number of rotatable bonds is 2. The van der Waals surface area contributed by atoms with Gasteiger partial charge in [0.25, 0.3) is 0 Å². The predicted molar refractivity (Wildman–Crippen MR) is 76.9 cm³/mol. The van der Waals surface area contributed by atoms with Crippen LogP contribution in [-0.4, -0.2) is 9.97 Å². The summed E-state index contributed by atoms with van der Waals surface area (Å²) in [4.78, 5) is 8.77. The van der Waals surface area contributed by atoms with E-state index >= 15 is 0 Å². The summed E-state index contributed by atoms with van der Waals surface area (Å²) in [5.74, 6) is 0.591. The summed E-state index contributed by atoms with van der Waals surface area (Å²) in [7, 11) is 0. The van der Waals surface area contributed by atoms with Crippen molar-refractivity contribution < 1.29 is 0 Å². The molecule has 0 aliphatic carbocycles. The van der Waals surface area contributed by atoms with Gasteiger partial charge in [-0.05, 0) is 19.1 Å². The molecular formula is C15H11N3S. The van der Waals surface area contributed by atoms with E-state index in [-0.39, 0.29) is 6.42 Å². The number of benzene rings is 1. The van der Waals surface area contributed by atoms with Gasteiger partial charge in [-0.25, -0.2) is 9.97 Å². The van der Waals surface area contributed by atoms with Crippen molar-refractivity contribution in [3.8, 4) is 17.3 Å². The summed E-state index contributed by atoms with van der Waals surface area (Å²) in [5, 5.41) is 12.1. The first-order chi connectivity index (χ1) is 9.28. The number of aromatic nitrogens is 2. The Balaban J connectivity index is 2.19. The summed E-state index contributed by atoms with van der Waals surface area (Å²) in [6.45, 7) is 1.93. The number of nitrogens with zero attached hydrogens (tertiary/aromatic N) is 3. The second-order valence-corrected chi connectivity index (χ2v) is 5.20. The van der Waals surface area contributed by atoms with Crippen molar-refractivity contribution in [3.63, 3.8) is 0 Å². The zero-order valence-corrected chi connectivity index (χ0v) is 11.2. The van der Waals surface area contributed by atoms with E-state index in [0.717, 1.165) is 17.0 Å². The summed E-state index contributed by atoms with van der Waals surface area (Å²) >= 11 is 1.71. The van der Waals surface area contributed by atoms with Crippen molar-refractivity contribution in [2.24, 2.45) is 0 Å². The van der Waals surface area contributed by atoms with Gasteiger partial charge in [0.15, 0.2) is 0 Å². The Bertz CT molecular complexity index is 783. The lowest BCUT2D eigenvalue weighted by Crippen LogP contribution is -1.97. The highest BCUT2D eigenvalue weighted by atomic mass is 32.1. The molecule has 0 fully saturated rings. The quantitative estimate of drug-likeness (QED) is 0.709. The Morgan fingerprint density at radius 3 is 2.95 bits per heavy atom. The molecule has 19 heavy (non-hydrogen) atoms. The molecule has 0 saturated carbocycles. The van der Waals surface area contributed by atoms with Crippen molar-refractivity contribution in [1.29, 1.82) is 5.26 Å². The number of hydrogen-bond donors (Lipinski definition) is 0. The van der Waals surface area contributed by atoms with Gasteiger partial charge in [-0.1, -0.05) is 18.2 Å². The summed E-state index contributed by atoms with van der Waals surface area (Å²) < 4.78 is 1.25. The minimum absolute atomic E-state index is 0.247. The van der Waals surface area contributed by atoms with E-state index in [2.05, 4.69) is 33.5 Å². The molecular weight excluding hydrogens is 254 g/mol. The van der Waals surface area contributed by atoms with Crippen molar-refractivity contribution >= 4 is 21.4 Å². The lowest BCUT2D eigenvalue weighted by molar-refractivity contribution is 0.970. The topological polar surface area (TPSA) is 49.6 Å². The Morgan fingerprint density at radius 1 is 1.26 bits per heavy atom. The van der Waals surface area contributed by atoms with Crippen molar-refractivity contribution in [2.75, 3.05) is 0 Å². The molecule has 0 spiro atoms. The average molecular weight is 265 g/mol. The summed E-state index contributed by atoms with van der Waals surface area (Å²) in [6, 6.07) is 12.3. The van der Waals surface area contributed by atoms with Gasteiger partial charge in [0, 0.05) is 26.7 Å². The van der Waals surface area contributed by atoms with Gasteiger partial charge < -0.3 is 0 Å². The van der Waals surface area contributed by atoms with Crippen molar-refractivity contribution in [3.05, 3.63) is 47.2 Å². The normalized spacial score (nSPS) is 10.5. The third-order valence-electron chi connectivity index (χ3n) is 2.89. The van der Waals surface area contributed by atoms with Crippen LogP contribution in [0, 0.1) is 18.3 Å². The van der Waals surface area contributed by atoms with Gasteiger partial charge in [-0.3, -0.25) is 0 Å². The van der Waals surface area contributed by atoms with Crippen LogP contribution in [0.25, 0.3) is 21.3 Å². The van der Waals surface area contributed by atoms with Gasteiger partial charge in [0.1, 0.15) is 5.82 Å². The first kappa shape index (κ1) is 11.8. The minimum atomic E-state index is 0.247. The Hall–Kier alpha value is -2.25. The number of fused-ring (bicyclic) bond motifs is 1. The van der Waals surface area contributed by atoms with Crippen LogP contribution in [0.5, 0.6) is 0 Å². The van der Waals surface area contributed by atoms with Crippen molar-refractivity contribution in [1.82, 2.24) is 9.97 Å². The fraction of sp³-hybridized carbons (Fsp3) is 0.133. The molecule has 3 rings (SSSR count). The van der Waals surface area contributed by atoms with E-state index < -0.39 is 0 Å². The van der Waals surface area contributed by atoms with E-state index in [0.29, 0.717) is 5.82 Å². The maximum Gasteiger partial charge on any atom is 0.143 e. The number of thiophene rings is 1. The Morgan fingerprint density at radius 2 is 2.11 bits per heavy atom. The first-order valence-electron chi connectivity index (χ1n) is 5.96. The molecule has 0 saturated heterocycles. The largest absolute Gasteiger partial charge is 0.237 e. The van der Waals surface area contributed by atoms with E-state index in [1.165, 1.54) is 10.1 Å². The Kier molecular flexibility index (Phi) is 2.98. The third kappa shape index (κ3) is 2.20. The Labute approximate surface area is 115 Å². The van der Waals surface area contributed by atoms with E-state index in [9.17, 15) is 0 Å². The maximum atomic E-state index is 8.78. The standard InChI is InChI=1S/C15H11N3S/c1-10-8-13(18-15(17-10)6-7-16)12-9-19-14-5-3-2-4-11(12)14/h2-5,8-9H,6H2,1H3. The fourth-order valence-corrected chi connectivity index (χ4v) is 3.05. The van der Waals surface area contributed by atoms with E-state index in [1.54, 1.807) is 11.3 Å². The SMILES string of the molecule is Cc1cc(-c2csc3ccccc23)nc(CC#N)n1. The van der Waals surface area contributed by atoms with Gasteiger partial charge in [-0.2, -0.15) is 5.26 Å². The monoisotopic (exact) mass is 265 g/mol. The zero-order chi connectivity index (χ0) is 13.2. The van der Waals surface area contributed by atoms with Crippen LogP contribution in [0.15, 0.2) is 35.7 Å². The number of hydrogen-bond acceptors (Lipinski definition) is 4. The van der Waals surface area contributed by atoms with Crippen LogP contribution in [0.4, 0.5) is 0 Å². The van der Waals surface area contributed by atoms with Gasteiger partial charge in [-0.15, -0.1) is 11.3 Å². The second-order valence-electron chi connectivity index (χ2n) is 4.29. The number of aryl methyl sites for hydroxylation is 1. The molecule has 1 aromatic carbocycles. The lowest BCUT2D eigenvalue weighted by atomic mass is 10.1. The lowest BCUT2D eigenvalue weighted by Gasteiger charge is -2.03. The van der Waals surface area contributed by atoms with Crippen molar-refractivity contribution in [2.45, 2.75) is 13.3 Å². The molecule has 0 radical (unpaired) electrons. The third-order valence-corrected chi connectivity index (χ3v) is 3.86. The highest BCUT2D eigenvalue weighted by Crippen LogP contribution is 2.32. The van der Waals surface area contributed by atoms with Crippen LogP contribution >= 0.6 is 11.3 Å². The van der Waals surface area contributed by atoms with Crippen LogP contribution in [0.1, 0.15) is 11.5 Å². The molecule has 92 valence electrons. The zero-order valence-electron chi connectivity index (χ0n) is 10.4. The van der Waals surface area contributed by atoms with Gasteiger partial charge in [0.2, 0.25) is 0 Å². The molecule has 2 aromatic heterocycles. The molecule has 0 aliphatic rings. The molecule has 0 aliphatic heterocycles. The fourth-order valence-electron chi connectivity index (χ4n) is 2.09. The highest BCUT2D eigenvalue weighted by Gasteiger charge is 2.09. The molecule has 4 heteroatoms. The summed E-state index contributed by atoms with van der Waals surface area (Å²) in [6.07, 6.45) is 0.247. The van der Waals surface area contributed by atoms with Crippen LogP contribution in [0.3, 0.4) is 0 Å². The molecule has 2 heterocycles. The molecule has 0 N–H and O–H groups in total. The van der Waals surface area contributed by atoms with Crippen LogP contribution in [0.2, 0.25) is 0 Å². The van der Waals surface area contributed by atoms with Crippen LogP contribution in [-0.2, 0) is 6.42 Å². The van der Waals surface area contributed by atoms with Gasteiger partial charge in [0.05, 0.1) is 18.2 Å². The molecule has 0 atom stereocenters. The van der Waals surface area contributed by atoms with Gasteiger partial charge >= 0.3 is 0 Å². The van der Waals surface area contributed by atoms with E-state index in [4.69, 9.17) is 5.26 Å². The second kappa shape index (κ2) is 4.79. The highest BCUT2D eigenvalue weighted by molar-refractivity contribution is 7.17. The smallest absolute Gasteiger partial charge is 0.143 e. The number of nitriles is 1. The maximum absolute atomic E-state index is 8.78. The molecule has 3 aromatic rings. The van der Waals surface area contributed by atoms with E-state index in [1.807, 2.05) is 25.1 Å². The minimum Gasteiger partial charge on any atom is -0.237 e. The molecule has 3 nitrogen and oxygen atoms in total.